The number of amides is 1. The molecule has 150 valence electrons. The molecule has 5 nitrogen and oxygen atoms in total. The van der Waals surface area contributed by atoms with Gasteiger partial charge in [0.25, 0.3) is 0 Å². The van der Waals surface area contributed by atoms with Crippen LogP contribution in [0.5, 0.6) is 11.5 Å². The van der Waals surface area contributed by atoms with E-state index in [4.69, 9.17) is 15.2 Å². The van der Waals surface area contributed by atoms with E-state index < -0.39 is 0 Å². The van der Waals surface area contributed by atoms with Gasteiger partial charge >= 0.3 is 0 Å². The monoisotopic (exact) mass is 394 g/mol. The second-order valence-electron chi connectivity index (χ2n) is 8.13. The fourth-order valence-electron chi connectivity index (χ4n) is 5.19. The van der Waals surface area contributed by atoms with Crippen LogP contribution in [0.2, 0.25) is 0 Å². The summed E-state index contributed by atoms with van der Waals surface area (Å²) in [6.07, 6.45) is 8.31. The zero-order valence-corrected chi connectivity index (χ0v) is 16.8. The molecule has 3 aliphatic carbocycles. The molecule has 0 heterocycles. The van der Waals surface area contributed by atoms with Crippen LogP contribution in [0.15, 0.2) is 18.2 Å². The Morgan fingerprint density at radius 3 is 2.59 bits per heavy atom. The van der Waals surface area contributed by atoms with Gasteiger partial charge in [-0.2, -0.15) is 0 Å². The summed E-state index contributed by atoms with van der Waals surface area (Å²) in [6.45, 7) is 0.457. The molecule has 27 heavy (non-hydrogen) atoms. The number of rotatable bonds is 6. The average molecular weight is 395 g/mol. The van der Waals surface area contributed by atoms with Crippen molar-refractivity contribution in [2.75, 3.05) is 7.11 Å². The molecule has 4 atom stereocenters. The highest BCUT2D eigenvalue weighted by molar-refractivity contribution is 5.85. The summed E-state index contributed by atoms with van der Waals surface area (Å²) >= 11 is 0. The molecule has 4 unspecified atom stereocenters. The van der Waals surface area contributed by atoms with Crippen molar-refractivity contribution in [2.24, 2.45) is 23.5 Å². The number of ether oxygens (including phenoxy) is 2. The second-order valence-corrected chi connectivity index (χ2v) is 8.13. The van der Waals surface area contributed by atoms with Gasteiger partial charge in [-0.1, -0.05) is 12.1 Å². The maximum Gasteiger partial charge on any atom is 0.225 e. The van der Waals surface area contributed by atoms with Gasteiger partial charge in [0.2, 0.25) is 5.91 Å². The molecule has 3 aliphatic rings. The first-order valence-electron chi connectivity index (χ1n) is 10.0. The van der Waals surface area contributed by atoms with Gasteiger partial charge in [-0.25, -0.2) is 0 Å². The zero-order chi connectivity index (χ0) is 18.1. The van der Waals surface area contributed by atoms with E-state index in [0.717, 1.165) is 42.7 Å². The standard InChI is InChI=1S/C21H30N2O3.ClH/c1-25-17-8-4-5-15(20(17)26-16-6-2-3-7-16)12-23-21(24)18-13-9-10-14(11-13)19(18)22;/h4-5,8,13-14,16,18-19H,2-3,6-7,9-12,22H2,1H3,(H,23,24);1H. The topological polar surface area (TPSA) is 73.6 Å². The summed E-state index contributed by atoms with van der Waals surface area (Å²) in [4.78, 5) is 12.8. The molecule has 6 heteroatoms. The number of nitrogens with one attached hydrogen (secondary N) is 1. The number of methoxy groups -OCH3 is 1. The third-order valence-electron chi connectivity index (χ3n) is 6.60. The highest BCUT2D eigenvalue weighted by Crippen LogP contribution is 2.47. The van der Waals surface area contributed by atoms with Crippen LogP contribution in [0.1, 0.15) is 50.5 Å². The maximum atomic E-state index is 12.8. The quantitative estimate of drug-likeness (QED) is 0.775. The first-order valence-corrected chi connectivity index (χ1v) is 10.0. The van der Waals surface area contributed by atoms with E-state index in [1.165, 1.54) is 19.3 Å². The van der Waals surface area contributed by atoms with E-state index in [9.17, 15) is 4.79 Å². The molecule has 4 rings (SSSR count). The average Bonchev–Trinajstić information content (AvgIpc) is 3.38. The van der Waals surface area contributed by atoms with Crippen LogP contribution >= 0.6 is 12.4 Å². The predicted molar refractivity (Wildman–Crippen MR) is 107 cm³/mol. The molecule has 3 N–H and O–H groups in total. The summed E-state index contributed by atoms with van der Waals surface area (Å²) in [5, 5.41) is 3.12. The molecule has 1 amide bonds. The van der Waals surface area contributed by atoms with Crippen molar-refractivity contribution >= 4 is 18.3 Å². The first kappa shape index (κ1) is 20.3. The van der Waals surface area contributed by atoms with Gasteiger partial charge in [0, 0.05) is 18.2 Å². The van der Waals surface area contributed by atoms with Gasteiger partial charge in [0.05, 0.1) is 19.1 Å². The lowest BCUT2D eigenvalue weighted by atomic mass is 9.84. The van der Waals surface area contributed by atoms with Gasteiger partial charge in [-0.3, -0.25) is 4.79 Å². The number of fused-ring (bicyclic) bond motifs is 2. The van der Waals surface area contributed by atoms with Gasteiger partial charge in [0.15, 0.2) is 11.5 Å². The lowest BCUT2D eigenvalue weighted by Crippen LogP contribution is -2.45. The number of halogens is 1. The molecular weight excluding hydrogens is 364 g/mol. The Kier molecular flexibility index (Phi) is 6.53. The van der Waals surface area contributed by atoms with Gasteiger partial charge in [0.1, 0.15) is 0 Å². The highest BCUT2D eigenvalue weighted by Gasteiger charge is 2.48. The fourth-order valence-corrected chi connectivity index (χ4v) is 5.19. The van der Waals surface area contributed by atoms with Crippen LogP contribution in [0.3, 0.4) is 0 Å². The Morgan fingerprint density at radius 1 is 1.19 bits per heavy atom. The molecule has 3 fully saturated rings. The molecule has 1 aromatic carbocycles. The Labute approximate surface area is 167 Å². The van der Waals surface area contributed by atoms with Gasteiger partial charge in [-0.05, 0) is 62.8 Å². The molecule has 0 saturated heterocycles. The fraction of sp³-hybridized carbons (Fsp3) is 0.667. The number of benzene rings is 1. The number of para-hydroxylation sites is 1. The number of hydrogen-bond donors (Lipinski definition) is 2. The van der Waals surface area contributed by atoms with Crippen molar-refractivity contribution in [3.63, 3.8) is 0 Å². The lowest BCUT2D eigenvalue weighted by molar-refractivity contribution is -0.127. The number of carbonyl (C=O) groups excluding carboxylic acids is 1. The van der Waals surface area contributed by atoms with Gasteiger partial charge < -0.3 is 20.5 Å². The number of carbonyl (C=O) groups is 1. The molecule has 2 bridgehead atoms. The van der Waals surface area contributed by atoms with E-state index >= 15 is 0 Å². The van der Waals surface area contributed by atoms with E-state index in [0.29, 0.717) is 18.4 Å². The minimum atomic E-state index is -0.0291. The highest BCUT2D eigenvalue weighted by atomic mass is 35.5. The first-order chi connectivity index (χ1) is 12.7. The second kappa shape index (κ2) is 8.70. The van der Waals surface area contributed by atoms with Crippen LogP contribution in [0, 0.1) is 17.8 Å². The minimum absolute atomic E-state index is 0. The molecule has 0 aliphatic heterocycles. The Balaban J connectivity index is 0.00000210. The van der Waals surface area contributed by atoms with Crippen LogP contribution in [-0.2, 0) is 11.3 Å². The Morgan fingerprint density at radius 2 is 1.93 bits per heavy atom. The van der Waals surface area contributed by atoms with E-state index in [-0.39, 0.29) is 36.4 Å². The van der Waals surface area contributed by atoms with E-state index in [2.05, 4.69) is 5.32 Å². The van der Waals surface area contributed by atoms with Crippen molar-refractivity contribution in [3.8, 4) is 11.5 Å². The van der Waals surface area contributed by atoms with E-state index in [1.54, 1.807) is 7.11 Å². The van der Waals surface area contributed by atoms with Crippen molar-refractivity contribution in [2.45, 2.75) is 63.6 Å². The SMILES string of the molecule is COc1cccc(CNC(=O)C2C3CCC(C3)C2N)c1OC1CCCC1.Cl. The summed E-state index contributed by atoms with van der Waals surface area (Å²) in [5.74, 6) is 2.58. The third kappa shape index (κ3) is 4.04. The molecule has 0 spiro atoms. The normalized spacial score (nSPS) is 29.4. The zero-order valence-electron chi connectivity index (χ0n) is 16.0. The van der Waals surface area contributed by atoms with Crippen molar-refractivity contribution in [1.82, 2.24) is 5.32 Å². The van der Waals surface area contributed by atoms with Crippen molar-refractivity contribution in [3.05, 3.63) is 23.8 Å². The molecule has 3 saturated carbocycles. The molecule has 0 radical (unpaired) electrons. The summed E-state index contributed by atoms with van der Waals surface area (Å²) < 4.78 is 11.8. The Hall–Kier alpha value is -1.46. The Bertz CT molecular complexity index is 661. The van der Waals surface area contributed by atoms with Crippen LogP contribution in [-0.4, -0.2) is 25.2 Å². The molecule has 1 aromatic rings. The molecule has 0 aromatic heterocycles. The van der Waals surface area contributed by atoms with Crippen molar-refractivity contribution < 1.29 is 14.3 Å². The third-order valence-corrected chi connectivity index (χ3v) is 6.60. The van der Waals surface area contributed by atoms with Crippen LogP contribution in [0.25, 0.3) is 0 Å². The smallest absolute Gasteiger partial charge is 0.225 e. The largest absolute Gasteiger partial charge is 0.493 e. The summed E-state index contributed by atoms with van der Waals surface area (Å²) in [5.41, 5.74) is 7.29. The van der Waals surface area contributed by atoms with Crippen LogP contribution < -0.4 is 20.5 Å². The summed E-state index contributed by atoms with van der Waals surface area (Å²) in [7, 11) is 1.66. The number of nitrogens with two attached hydrogens (primary N) is 1. The van der Waals surface area contributed by atoms with E-state index in [1.807, 2.05) is 18.2 Å². The number of hydrogen-bond acceptors (Lipinski definition) is 4. The van der Waals surface area contributed by atoms with Gasteiger partial charge in [-0.15, -0.1) is 12.4 Å². The minimum Gasteiger partial charge on any atom is -0.493 e. The lowest BCUT2D eigenvalue weighted by Gasteiger charge is -2.27. The molecular formula is C21H31ClN2O3. The van der Waals surface area contributed by atoms with Crippen LogP contribution in [0.4, 0.5) is 0 Å². The summed E-state index contributed by atoms with van der Waals surface area (Å²) in [6, 6.07) is 5.90. The maximum absolute atomic E-state index is 12.8. The van der Waals surface area contributed by atoms with Crippen molar-refractivity contribution in [1.29, 1.82) is 0 Å². The predicted octanol–water partition coefficient (Wildman–Crippen LogP) is 3.43.